The van der Waals surface area contributed by atoms with Gasteiger partial charge in [0, 0.05) is 6.42 Å². The molecule has 3 nitrogen and oxygen atoms in total. The monoisotopic (exact) mass is 282 g/mol. The van der Waals surface area contributed by atoms with E-state index in [-0.39, 0.29) is 5.82 Å². The molecule has 1 aromatic heterocycles. The highest BCUT2D eigenvalue weighted by atomic mass is 19.4. The van der Waals surface area contributed by atoms with E-state index in [1.54, 1.807) is 6.07 Å². The molecule has 6 heteroatoms. The smallest absolute Gasteiger partial charge is 0.380 e. The number of halogens is 3. The molecular formula is C14H13F3N2O. The molecule has 2 aromatic rings. The molecule has 1 aliphatic carbocycles. The summed E-state index contributed by atoms with van der Waals surface area (Å²) in [5.41, 5.74) is 5.93. The van der Waals surface area contributed by atoms with E-state index in [1.807, 2.05) is 0 Å². The van der Waals surface area contributed by atoms with Crippen LogP contribution in [0.1, 0.15) is 24.2 Å². The number of rotatable bonds is 3. The van der Waals surface area contributed by atoms with Crippen LogP contribution in [0.2, 0.25) is 0 Å². The number of alkyl halides is 3. The molecule has 0 atom stereocenters. The summed E-state index contributed by atoms with van der Waals surface area (Å²) in [5, 5.41) is 3.69. The van der Waals surface area contributed by atoms with Gasteiger partial charge in [-0.15, -0.1) is 0 Å². The van der Waals surface area contributed by atoms with Gasteiger partial charge >= 0.3 is 6.18 Å². The molecule has 0 spiro atoms. The molecule has 1 aliphatic rings. The second-order valence-corrected chi connectivity index (χ2v) is 5.09. The molecule has 1 heterocycles. The van der Waals surface area contributed by atoms with Gasteiger partial charge in [0.2, 0.25) is 0 Å². The van der Waals surface area contributed by atoms with E-state index >= 15 is 0 Å². The first kappa shape index (κ1) is 13.0. The number of nitrogens with two attached hydrogens (primary N) is 1. The van der Waals surface area contributed by atoms with Gasteiger partial charge in [0.1, 0.15) is 5.76 Å². The zero-order chi connectivity index (χ0) is 14.3. The van der Waals surface area contributed by atoms with Gasteiger partial charge in [-0.2, -0.15) is 13.2 Å². The van der Waals surface area contributed by atoms with E-state index in [0.29, 0.717) is 29.2 Å². The van der Waals surface area contributed by atoms with Crippen LogP contribution < -0.4 is 5.73 Å². The lowest BCUT2D eigenvalue weighted by Crippen LogP contribution is -2.04. The largest absolute Gasteiger partial charge is 0.416 e. The number of anilines is 1. The zero-order valence-electron chi connectivity index (χ0n) is 10.6. The average Bonchev–Trinajstić information content (AvgIpc) is 3.12. The summed E-state index contributed by atoms with van der Waals surface area (Å²) in [6.45, 7) is 0. The predicted molar refractivity (Wildman–Crippen MR) is 67.8 cm³/mol. The number of hydrogen-bond acceptors (Lipinski definition) is 3. The van der Waals surface area contributed by atoms with E-state index in [1.165, 1.54) is 6.07 Å². The van der Waals surface area contributed by atoms with Crippen LogP contribution in [0.5, 0.6) is 0 Å². The maximum atomic E-state index is 12.8. The summed E-state index contributed by atoms with van der Waals surface area (Å²) in [7, 11) is 0. The number of aromatic nitrogens is 1. The minimum absolute atomic E-state index is 0.139. The molecule has 1 saturated carbocycles. The number of nitrogen functional groups attached to an aromatic ring is 1. The average molecular weight is 282 g/mol. The van der Waals surface area contributed by atoms with Crippen LogP contribution in [-0.4, -0.2) is 5.16 Å². The Labute approximate surface area is 113 Å². The van der Waals surface area contributed by atoms with Crippen LogP contribution in [0.15, 0.2) is 28.8 Å². The van der Waals surface area contributed by atoms with Crippen molar-refractivity contribution in [3.05, 3.63) is 35.6 Å². The predicted octanol–water partition coefficient (Wildman–Crippen LogP) is 3.90. The van der Waals surface area contributed by atoms with Gasteiger partial charge in [0.25, 0.3) is 0 Å². The Morgan fingerprint density at radius 3 is 2.70 bits per heavy atom. The second kappa shape index (κ2) is 4.54. The first-order chi connectivity index (χ1) is 9.45. The number of hydrogen-bond donors (Lipinski definition) is 1. The molecule has 0 unspecified atom stereocenters. The standard InChI is InChI=1S/C14H13F3N2O/c15-14(16,17)10-3-1-2-9(7-10)12-11(6-8-4-5-8)20-19-13(12)18/h1-3,7-8H,4-6H2,(H2,18,19). The Hall–Kier alpha value is -1.98. The minimum Gasteiger partial charge on any atom is -0.380 e. The fourth-order valence-electron chi connectivity index (χ4n) is 2.22. The summed E-state index contributed by atoms with van der Waals surface area (Å²) < 4.78 is 43.5. The van der Waals surface area contributed by atoms with Crippen molar-refractivity contribution >= 4 is 5.82 Å². The summed E-state index contributed by atoms with van der Waals surface area (Å²) in [4.78, 5) is 0. The maximum absolute atomic E-state index is 12.8. The highest BCUT2D eigenvalue weighted by molar-refractivity contribution is 5.76. The zero-order valence-corrected chi connectivity index (χ0v) is 10.6. The molecule has 1 aromatic carbocycles. The van der Waals surface area contributed by atoms with Gasteiger partial charge < -0.3 is 10.3 Å². The fraction of sp³-hybridized carbons (Fsp3) is 0.357. The van der Waals surface area contributed by atoms with Crippen LogP contribution in [0, 0.1) is 5.92 Å². The molecular weight excluding hydrogens is 269 g/mol. The summed E-state index contributed by atoms with van der Waals surface area (Å²) in [6.07, 6.45) is -1.47. The van der Waals surface area contributed by atoms with Crippen LogP contribution >= 0.6 is 0 Å². The molecule has 0 saturated heterocycles. The summed E-state index contributed by atoms with van der Waals surface area (Å²) >= 11 is 0. The number of nitrogens with zero attached hydrogens (tertiary/aromatic N) is 1. The SMILES string of the molecule is Nc1noc(CC2CC2)c1-c1cccc(C(F)(F)F)c1. The van der Waals surface area contributed by atoms with Gasteiger partial charge in [-0.3, -0.25) is 0 Å². The lowest BCUT2D eigenvalue weighted by molar-refractivity contribution is -0.137. The van der Waals surface area contributed by atoms with Crippen molar-refractivity contribution in [2.75, 3.05) is 5.73 Å². The molecule has 0 bridgehead atoms. The summed E-state index contributed by atoms with van der Waals surface area (Å²) in [5.74, 6) is 1.25. The Balaban J connectivity index is 2.01. The molecule has 3 rings (SSSR count). The van der Waals surface area contributed by atoms with E-state index < -0.39 is 11.7 Å². The van der Waals surface area contributed by atoms with Crippen LogP contribution in [-0.2, 0) is 12.6 Å². The molecule has 0 amide bonds. The number of benzene rings is 1. The first-order valence-corrected chi connectivity index (χ1v) is 6.37. The third-order valence-corrected chi connectivity index (χ3v) is 3.44. The highest BCUT2D eigenvalue weighted by Crippen LogP contribution is 2.39. The Bertz CT molecular complexity index is 630. The van der Waals surface area contributed by atoms with Crippen molar-refractivity contribution in [3.63, 3.8) is 0 Å². The van der Waals surface area contributed by atoms with Gasteiger partial charge in [0.05, 0.1) is 11.1 Å². The Morgan fingerprint density at radius 1 is 1.30 bits per heavy atom. The van der Waals surface area contributed by atoms with Gasteiger partial charge in [-0.1, -0.05) is 17.3 Å². The quantitative estimate of drug-likeness (QED) is 0.929. The normalized spacial score (nSPS) is 15.6. The van der Waals surface area contributed by atoms with E-state index in [2.05, 4.69) is 5.16 Å². The van der Waals surface area contributed by atoms with Gasteiger partial charge in [-0.25, -0.2) is 0 Å². The lowest BCUT2D eigenvalue weighted by atomic mass is 10.0. The molecule has 106 valence electrons. The highest BCUT2D eigenvalue weighted by Gasteiger charge is 2.32. The van der Waals surface area contributed by atoms with Crippen molar-refractivity contribution < 1.29 is 17.7 Å². The van der Waals surface area contributed by atoms with Crippen molar-refractivity contribution in [1.82, 2.24) is 5.16 Å². The third-order valence-electron chi connectivity index (χ3n) is 3.44. The fourth-order valence-corrected chi connectivity index (χ4v) is 2.22. The minimum atomic E-state index is -4.38. The third kappa shape index (κ3) is 2.50. The van der Waals surface area contributed by atoms with Gasteiger partial charge in [0.15, 0.2) is 5.82 Å². The molecule has 0 aliphatic heterocycles. The van der Waals surface area contributed by atoms with Crippen molar-refractivity contribution in [2.45, 2.75) is 25.4 Å². The molecule has 0 radical (unpaired) electrons. The molecule has 2 N–H and O–H groups in total. The maximum Gasteiger partial charge on any atom is 0.416 e. The topological polar surface area (TPSA) is 52.0 Å². The molecule has 20 heavy (non-hydrogen) atoms. The van der Waals surface area contributed by atoms with Crippen molar-refractivity contribution in [3.8, 4) is 11.1 Å². The van der Waals surface area contributed by atoms with Crippen molar-refractivity contribution in [2.24, 2.45) is 5.92 Å². The van der Waals surface area contributed by atoms with Crippen LogP contribution in [0.25, 0.3) is 11.1 Å². The van der Waals surface area contributed by atoms with E-state index in [0.717, 1.165) is 25.0 Å². The Kier molecular flexibility index (Phi) is 2.96. The summed E-state index contributed by atoms with van der Waals surface area (Å²) in [6, 6.07) is 5.08. The van der Waals surface area contributed by atoms with Gasteiger partial charge in [-0.05, 0) is 36.5 Å². The first-order valence-electron chi connectivity index (χ1n) is 6.37. The van der Waals surface area contributed by atoms with Crippen LogP contribution in [0.3, 0.4) is 0 Å². The van der Waals surface area contributed by atoms with Crippen LogP contribution in [0.4, 0.5) is 19.0 Å². The Morgan fingerprint density at radius 2 is 2.05 bits per heavy atom. The van der Waals surface area contributed by atoms with Crippen molar-refractivity contribution in [1.29, 1.82) is 0 Å². The van der Waals surface area contributed by atoms with E-state index in [4.69, 9.17) is 10.3 Å². The second-order valence-electron chi connectivity index (χ2n) is 5.09. The molecule has 1 fully saturated rings. The van der Waals surface area contributed by atoms with E-state index in [9.17, 15) is 13.2 Å². The lowest BCUT2D eigenvalue weighted by Gasteiger charge is -2.08.